The van der Waals surface area contributed by atoms with Crippen molar-refractivity contribution in [3.63, 3.8) is 0 Å². The third-order valence-electron chi connectivity index (χ3n) is 2.03. The van der Waals surface area contributed by atoms with Gasteiger partial charge in [-0.15, -0.1) is 0 Å². The van der Waals surface area contributed by atoms with Crippen molar-refractivity contribution in [2.24, 2.45) is 0 Å². The second kappa shape index (κ2) is 4.07. The van der Waals surface area contributed by atoms with E-state index in [1.54, 1.807) is 6.07 Å². The fourth-order valence-corrected chi connectivity index (χ4v) is 2.30. The first-order chi connectivity index (χ1) is 6.36. The van der Waals surface area contributed by atoms with E-state index in [0.717, 1.165) is 23.7 Å². The first-order valence-electron chi connectivity index (χ1n) is 4.29. The number of rotatable bonds is 1. The molecule has 2 nitrogen and oxygen atoms in total. The Hall–Kier alpha value is -0.610. The van der Waals surface area contributed by atoms with Crippen LogP contribution in [0, 0.1) is 5.82 Å². The van der Waals surface area contributed by atoms with Crippen molar-refractivity contribution < 1.29 is 4.39 Å². The molecule has 1 fully saturated rings. The predicted molar refractivity (Wildman–Crippen MR) is 52.3 cm³/mol. The Kier molecular flexibility index (Phi) is 2.80. The van der Waals surface area contributed by atoms with Crippen LogP contribution in [-0.2, 0) is 0 Å². The summed E-state index contributed by atoms with van der Waals surface area (Å²) < 4.78 is 12.6. The van der Waals surface area contributed by atoms with Gasteiger partial charge in [-0.2, -0.15) is 11.8 Å². The number of nitrogens with one attached hydrogen (secondary N) is 1. The second-order valence-corrected chi connectivity index (χ2v) is 4.13. The molecule has 1 aromatic heterocycles. The quantitative estimate of drug-likeness (QED) is 0.742. The Balaban J connectivity index is 2.10. The molecule has 1 atom stereocenters. The molecule has 1 aromatic rings. The van der Waals surface area contributed by atoms with Gasteiger partial charge in [-0.05, 0) is 12.1 Å². The van der Waals surface area contributed by atoms with Crippen LogP contribution in [0.1, 0.15) is 11.7 Å². The van der Waals surface area contributed by atoms with Crippen LogP contribution in [0.15, 0.2) is 18.3 Å². The molecule has 1 aliphatic rings. The molecule has 1 unspecified atom stereocenters. The van der Waals surface area contributed by atoms with E-state index in [2.05, 4.69) is 10.3 Å². The zero-order valence-electron chi connectivity index (χ0n) is 7.16. The highest BCUT2D eigenvalue weighted by Crippen LogP contribution is 2.19. The zero-order valence-corrected chi connectivity index (χ0v) is 7.98. The van der Waals surface area contributed by atoms with E-state index < -0.39 is 0 Å². The van der Waals surface area contributed by atoms with Gasteiger partial charge in [-0.1, -0.05) is 0 Å². The molecule has 0 spiro atoms. The van der Waals surface area contributed by atoms with E-state index in [1.807, 2.05) is 11.8 Å². The van der Waals surface area contributed by atoms with Gasteiger partial charge in [0.1, 0.15) is 5.82 Å². The lowest BCUT2D eigenvalue weighted by Crippen LogP contribution is -2.30. The molecule has 0 radical (unpaired) electrons. The molecule has 0 aromatic carbocycles. The maximum absolute atomic E-state index is 12.6. The van der Waals surface area contributed by atoms with Crippen LogP contribution in [0.25, 0.3) is 0 Å². The SMILES string of the molecule is Fc1ccc(C2CSCCN2)nc1. The molecular weight excluding hydrogens is 187 g/mol. The molecular formula is C9H11FN2S. The molecule has 2 rings (SSSR count). The molecule has 0 aliphatic carbocycles. The van der Waals surface area contributed by atoms with Crippen molar-refractivity contribution in [3.05, 3.63) is 29.8 Å². The molecule has 1 saturated heterocycles. The summed E-state index contributed by atoms with van der Waals surface area (Å²) >= 11 is 1.91. The van der Waals surface area contributed by atoms with Gasteiger partial charge in [0.25, 0.3) is 0 Å². The molecule has 70 valence electrons. The average Bonchev–Trinajstić information content (AvgIpc) is 2.20. The van der Waals surface area contributed by atoms with E-state index in [1.165, 1.54) is 12.3 Å². The number of aromatic nitrogens is 1. The fraction of sp³-hybridized carbons (Fsp3) is 0.444. The summed E-state index contributed by atoms with van der Waals surface area (Å²) in [6, 6.07) is 3.50. The summed E-state index contributed by atoms with van der Waals surface area (Å²) in [7, 11) is 0. The van der Waals surface area contributed by atoms with Gasteiger partial charge < -0.3 is 5.32 Å². The Bertz CT molecular complexity index is 269. The predicted octanol–water partition coefficient (Wildman–Crippen LogP) is 1.60. The largest absolute Gasteiger partial charge is 0.307 e. The van der Waals surface area contributed by atoms with Crippen molar-refractivity contribution in [3.8, 4) is 0 Å². The van der Waals surface area contributed by atoms with E-state index in [-0.39, 0.29) is 5.82 Å². The van der Waals surface area contributed by atoms with Gasteiger partial charge in [-0.25, -0.2) is 4.39 Å². The number of thioether (sulfide) groups is 1. The summed E-state index contributed by atoms with van der Waals surface area (Å²) in [4.78, 5) is 4.05. The van der Waals surface area contributed by atoms with Gasteiger partial charge in [0, 0.05) is 18.1 Å². The number of hydrogen-bond donors (Lipinski definition) is 1. The highest BCUT2D eigenvalue weighted by Gasteiger charge is 2.15. The summed E-state index contributed by atoms with van der Waals surface area (Å²) in [6.45, 7) is 1.01. The number of pyridine rings is 1. The number of hydrogen-bond acceptors (Lipinski definition) is 3. The van der Waals surface area contributed by atoms with Crippen LogP contribution in [0.5, 0.6) is 0 Å². The lowest BCUT2D eigenvalue weighted by Gasteiger charge is -2.22. The van der Waals surface area contributed by atoms with Crippen LogP contribution < -0.4 is 5.32 Å². The Morgan fingerprint density at radius 1 is 1.54 bits per heavy atom. The van der Waals surface area contributed by atoms with E-state index in [4.69, 9.17) is 0 Å². The summed E-state index contributed by atoms with van der Waals surface area (Å²) in [5.41, 5.74) is 0.939. The summed E-state index contributed by atoms with van der Waals surface area (Å²) in [5.74, 6) is 1.91. The number of halogens is 1. The highest BCUT2D eigenvalue weighted by molar-refractivity contribution is 7.99. The Morgan fingerprint density at radius 3 is 3.08 bits per heavy atom. The van der Waals surface area contributed by atoms with Gasteiger partial charge in [0.15, 0.2) is 0 Å². The third kappa shape index (κ3) is 2.19. The van der Waals surface area contributed by atoms with Crippen LogP contribution in [-0.4, -0.2) is 23.0 Å². The van der Waals surface area contributed by atoms with Crippen molar-refractivity contribution in [1.82, 2.24) is 10.3 Å². The topological polar surface area (TPSA) is 24.9 Å². The minimum Gasteiger partial charge on any atom is -0.307 e. The van der Waals surface area contributed by atoms with Crippen LogP contribution >= 0.6 is 11.8 Å². The highest BCUT2D eigenvalue weighted by atomic mass is 32.2. The Morgan fingerprint density at radius 2 is 2.46 bits per heavy atom. The second-order valence-electron chi connectivity index (χ2n) is 2.98. The monoisotopic (exact) mass is 198 g/mol. The average molecular weight is 198 g/mol. The lowest BCUT2D eigenvalue weighted by molar-refractivity contribution is 0.570. The molecule has 1 aliphatic heterocycles. The molecule has 2 heterocycles. The van der Waals surface area contributed by atoms with E-state index in [0.29, 0.717) is 6.04 Å². The lowest BCUT2D eigenvalue weighted by atomic mass is 10.2. The summed E-state index contributed by atoms with van der Waals surface area (Å²) in [6.07, 6.45) is 1.27. The van der Waals surface area contributed by atoms with E-state index >= 15 is 0 Å². The summed E-state index contributed by atoms with van der Waals surface area (Å²) in [5, 5.41) is 3.35. The minimum atomic E-state index is -0.271. The third-order valence-corrected chi connectivity index (χ3v) is 3.09. The number of nitrogens with zero attached hydrogens (tertiary/aromatic N) is 1. The molecule has 4 heteroatoms. The Labute approximate surface area is 80.9 Å². The van der Waals surface area contributed by atoms with Crippen molar-refractivity contribution in [2.75, 3.05) is 18.1 Å². The molecule has 0 bridgehead atoms. The fourth-order valence-electron chi connectivity index (χ4n) is 1.35. The van der Waals surface area contributed by atoms with Crippen LogP contribution in [0.4, 0.5) is 4.39 Å². The molecule has 0 amide bonds. The van der Waals surface area contributed by atoms with Crippen molar-refractivity contribution in [1.29, 1.82) is 0 Å². The zero-order chi connectivity index (χ0) is 9.10. The maximum Gasteiger partial charge on any atom is 0.141 e. The first kappa shape index (κ1) is 8.97. The minimum absolute atomic E-state index is 0.271. The maximum atomic E-state index is 12.6. The van der Waals surface area contributed by atoms with Gasteiger partial charge in [-0.3, -0.25) is 4.98 Å². The standard InChI is InChI=1S/C9H11FN2S/c10-7-1-2-8(12-5-7)9-6-13-4-3-11-9/h1-2,5,9,11H,3-4,6H2. The molecule has 1 N–H and O–H groups in total. The molecule has 0 saturated carbocycles. The first-order valence-corrected chi connectivity index (χ1v) is 5.44. The van der Waals surface area contributed by atoms with Crippen molar-refractivity contribution in [2.45, 2.75) is 6.04 Å². The van der Waals surface area contributed by atoms with Crippen LogP contribution in [0.3, 0.4) is 0 Å². The van der Waals surface area contributed by atoms with Crippen LogP contribution in [0.2, 0.25) is 0 Å². The van der Waals surface area contributed by atoms with Gasteiger partial charge in [0.2, 0.25) is 0 Å². The smallest absolute Gasteiger partial charge is 0.141 e. The normalized spacial score (nSPS) is 23.0. The van der Waals surface area contributed by atoms with E-state index in [9.17, 15) is 4.39 Å². The van der Waals surface area contributed by atoms with Crippen molar-refractivity contribution >= 4 is 11.8 Å². The van der Waals surface area contributed by atoms with Gasteiger partial charge in [0.05, 0.1) is 17.9 Å². The van der Waals surface area contributed by atoms with Gasteiger partial charge >= 0.3 is 0 Å². The molecule has 13 heavy (non-hydrogen) atoms.